The van der Waals surface area contributed by atoms with E-state index in [9.17, 15) is 13.2 Å². The summed E-state index contributed by atoms with van der Waals surface area (Å²) in [5, 5.41) is 0. The van der Waals surface area contributed by atoms with Gasteiger partial charge < -0.3 is 4.90 Å². The molecule has 2 aromatic carbocycles. The Morgan fingerprint density at radius 1 is 1.03 bits per heavy atom. The Hall–Kier alpha value is -2.34. The van der Waals surface area contributed by atoms with Gasteiger partial charge in [-0.05, 0) is 74.9 Å². The average molecular weight is 413 g/mol. The molecule has 0 unspecified atom stereocenters. The van der Waals surface area contributed by atoms with E-state index in [2.05, 4.69) is 4.72 Å². The van der Waals surface area contributed by atoms with Crippen LogP contribution in [0.2, 0.25) is 0 Å². The van der Waals surface area contributed by atoms with Crippen molar-refractivity contribution in [3.63, 3.8) is 0 Å². The highest BCUT2D eigenvalue weighted by molar-refractivity contribution is 7.92. The molecule has 4 rings (SSSR count). The summed E-state index contributed by atoms with van der Waals surface area (Å²) in [5.41, 5.74) is 5.01. The van der Waals surface area contributed by atoms with Gasteiger partial charge in [0.25, 0.3) is 10.0 Å². The lowest BCUT2D eigenvalue weighted by Gasteiger charge is -2.21. The average Bonchev–Trinajstić information content (AvgIpc) is 3.29. The number of sulfonamides is 1. The molecular weight excluding hydrogens is 384 g/mol. The summed E-state index contributed by atoms with van der Waals surface area (Å²) in [5.74, 6) is 0.368. The first-order chi connectivity index (χ1) is 13.8. The minimum absolute atomic E-state index is 0.145. The number of benzene rings is 2. The number of fused-ring (bicyclic) bond motifs is 1. The van der Waals surface area contributed by atoms with E-state index < -0.39 is 10.0 Å². The molecule has 154 valence electrons. The molecule has 29 heavy (non-hydrogen) atoms. The van der Waals surface area contributed by atoms with E-state index in [4.69, 9.17) is 0 Å². The Morgan fingerprint density at radius 2 is 1.69 bits per heavy atom. The smallest absolute Gasteiger partial charge is 0.262 e. The van der Waals surface area contributed by atoms with Gasteiger partial charge in [-0.25, -0.2) is 8.42 Å². The molecule has 0 radical (unpaired) electrons. The summed E-state index contributed by atoms with van der Waals surface area (Å²) in [4.78, 5) is 15.0. The number of nitrogens with zero attached hydrogens (tertiary/aromatic N) is 1. The number of anilines is 2. The topological polar surface area (TPSA) is 66.5 Å². The molecule has 1 fully saturated rings. The Balaban J connectivity index is 1.58. The van der Waals surface area contributed by atoms with E-state index >= 15 is 0 Å². The molecule has 0 saturated heterocycles. The second kappa shape index (κ2) is 7.48. The van der Waals surface area contributed by atoms with E-state index in [1.165, 1.54) is 0 Å². The fraction of sp³-hybridized carbons (Fsp3) is 0.435. The summed E-state index contributed by atoms with van der Waals surface area (Å²) < 4.78 is 28.8. The standard InChI is InChI=1S/C23H28N2O3S/c1-15-12-16(2)22(17(3)13-15)29(27,28)24-20-8-9-21-19(14-20)10-11-25(21)23(26)18-6-4-5-7-18/h8-9,12-14,18,24H,4-7,10-11H2,1-3H3. The molecule has 1 aliphatic carbocycles. The van der Waals surface area contributed by atoms with Crippen LogP contribution in [0.15, 0.2) is 35.2 Å². The van der Waals surface area contributed by atoms with Crippen molar-refractivity contribution in [3.05, 3.63) is 52.6 Å². The van der Waals surface area contributed by atoms with Crippen molar-refractivity contribution >= 4 is 27.3 Å². The van der Waals surface area contributed by atoms with E-state index in [1.54, 1.807) is 6.07 Å². The van der Waals surface area contributed by atoms with Gasteiger partial charge in [-0.15, -0.1) is 0 Å². The van der Waals surface area contributed by atoms with E-state index in [-0.39, 0.29) is 11.8 Å². The molecule has 1 heterocycles. The number of nitrogens with one attached hydrogen (secondary N) is 1. The van der Waals surface area contributed by atoms with Gasteiger partial charge in [0.15, 0.2) is 0 Å². The zero-order chi connectivity index (χ0) is 20.8. The van der Waals surface area contributed by atoms with Crippen molar-refractivity contribution in [1.29, 1.82) is 0 Å². The zero-order valence-corrected chi connectivity index (χ0v) is 18.1. The fourth-order valence-corrected chi connectivity index (χ4v) is 6.39. The van der Waals surface area contributed by atoms with Crippen molar-refractivity contribution in [2.45, 2.75) is 57.8 Å². The molecule has 2 aromatic rings. The lowest BCUT2D eigenvalue weighted by Crippen LogP contribution is -2.33. The first-order valence-electron chi connectivity index (χ1n) is 10.3. The van der Waals surface area contributed by atoms with Gasteiger partial charge in [-0.3, -0.25) is 9.52 Å². The first kappa shape index (κ1) is 20.0. The third-order valence-corrected chi connectivity index (χ3v) is 7.76. The maximum atomic E-state index is 13.0. The summed E-state index contributed by atoms with van der Waals surface area (Å²) in [6.45, 7) is 6.29. The van der Waals surface area contributed by atoms with Crippen LogP contribution in [0.1, 0.15) is 47.9 Å². The number of rotatable bonds is 4. The maximum Gasteiger partial charge on any atom is 0.262 e. The molecule has 1 N–H and O–H groups in total. The minimum atomic E-state index is -3.68. The molecule has 1 amide bonds. The van der Waals surface area contributed by atoms with Crippen LogP contribution in [-0.4, -0.2) is 20.9 Å². The Kier molecular flexibility index (Phi) is 5.15. The summed E-state index contributed by atoms with van der Waals surface area (Å²) >= 11 is 0. The van der Waals surface area contributed by atoms with Crippen molar-refractivity contribution in [1.82, 2.24) is 0 Å². The maximum absolute atomic E-state index is 13.0. The highest BCUT2D eigenvalue weighted by atomic mass is 32.2. The van der Waals surface area contributed by atoms with E-state index in [0.717, 1.165) is 60.0 Å². The molecule has 0 bridgehead atoms. The van der Waals surface area contributed by atoms with Gasteiger partial charge >= 0.3 is 0 Å². The molecule has 5 nitrogen and oxygen atoms in total. The Labute approximate surface area is 173 Å². The molecule has 0 spiro atoms. The van der Waals surface area contributed by atoms with Crippen molar-refractivity contribution < 1.29 is 13.2 Å². The van der Waals surface area contributed by atoms with E-state index in [0.29, 0.717) is 17.1 Å². The van der Waals surface area contributed by atoms with Gasteiger partial charge in [0.2, 0.25) is 5.91 Å². The number of amides is 1. The number of aryl methyl sites for hydroxylation is 3. The normalized spacial score (nSPS) is 16.9. The largest absolute Gasteiger partial charge is 0.312 e. The molecule has 6 heteroatoms. The molecule has 0 aromatic heterocycles. The zero-order valence-electron chi connectivity index (χ0n) is 17.3. The lowest BCUT2D eigenvalue weighted by atomic mass is 10.1. The van der Waals surface area contributed by atoms with Crippen LogP contribution in [0.25, 0.3) is 0 Å². The monoisotopic (exact) mass is 412 g/mol. The molecular formula is C23H28N2O3S. The number of carbonyl (C=O) groups is 1. The second-order valence-corrected chi connectivity index (χ2v) is 10.0. The second-order valence-electron chi connectivity index (χ2n) is 8.40. The third kappa shape index (κ3) is 3.78. The summed E-state index contributed by atoms with van der Waals surface area (Å²) in [6.07, 6.45) is 4.99. The molecule has 1 saturated carbocycles. The summed E-state index contributed by atoms with van der Waals surface area (Å²) in [6, 6.07) is 9.28. The highest BCUT2D eigenvalue weighted by Gasteiger charge is 2.32. The fourth-order valence-electron chi connectivity index (χ4n) is 4.88. The lowest BCUT2D eigenvalue weighted by molar-refractivity contribution is -0.122. The predicted molar refractivity (Wildman–Crippen MR) is 116 cm³/mol. The molecule has 0 atom stereocenters. The van der Waals surface area contributed by atoms with Gasteiger partial charge in [0, 0.05) is 23.8 Å². The van der Waals surface area contributed by atoms with Crippen LogP contribution >= 0.6 is 0 Å². The van der Waals surface area contributed by atoms with Crippen molar-refractivity contribution in [2.24, 2.45) is 5.92 Å². The van der Waals surface area contributed by atoms with Crippen LogP contribution in [0.5, 0.6) is 0 Å². The Morgan fingerprint density at radius 3 is 2.34 bits per heavy atom. The number of carbonyl (C=O) groups excluding carboxylic acids is 1. The van der Waals surface area contributed by atoms with Crippen LogP contribution < -0.4 is 9.62 Å². The summed E-state index contributed by atoms with van der Waals surface area (Å²) in [7, 11) is -3.68. The van der Waals surface area contributed by atoms with Gasteiger partial charge in [-0.2, -0.15) is 0 Å². The van der Waals surface area contributed by atoms with Crippen LogP contribution in [0.3, 0.4) is 0 Å². The van der Waals surface area contributed by atoms with Gasteiger partial charge in [0.1, 0.15) is 0 Å². The molecule has 2 aliphatic rings. The third-order valence-electron chi connectivity index (χ3n) is 6.07. The highest BCUT2D eigenvalue weighted by Crippen LogP contribution is 2.35. The van der Waals surface area contributed by atoms with Crippen LogP contribution in [0, 0.1) is 26.7 Å². The van der Waals surface area contributed by atoms with Gasteiger partial charge in [-0.1, -0.05) is 30.5 Å². The van der Waals surface area contributed by atoms with Crippen molar-refractivity contribution in [3.8, 4) is 0 Å². The van der Waals surface area contributed by atoms with Crippen LogP contribution in [-0.2, 0) is 21.2 Å². The van der Waals surface area contributed by atoms with Crippen molar-refractivity contribution in [2.75, 3.05) is 16.2 Å². The van der Waals surface area contributed by atoms with Gasteiger partial charge in [0.05, 0.1) is 4.90 Å². The SMILES string of the molecule is Cc1cc(C)c(S(=O)(=O)Nc2ccc3c(c2)CCN3C(=O)C2CCCC2)c(C)c1. The quantitative estimate of drug-likeness (QED) is 0.804. The molecule has 1 aliphatic heterocycles. The number of hydrogen-bond donors (Lipinski definition) is 1. The predicted octanol–water partition coefficient (Wildman–Crippen LogP) is 4.49. The first-order valence-corrected chi connectivity index (χ1v) is 11.8. The number of hydrogen-bond acceptors (Lipinski definition) is 3. The van der Waals surface area contributed by atoms with Crippen LogP contribution in [0.4, 0.5) is 11.4 Å². The minimum Gasteiger partial charge on any atom is -0.312 e. The van der Waals surface area contributed by atoms with E-state index in [1.807, 2.05) is 49.9 Å². The Bertz CT molecular complexity index is 1050.